The third-order valence-electron chi connectivity index (χ3n) is 2.63. The Hall–Kier alpha value is -1.68. The number of carbonyl (C=O) groups is 1. The summed E-state index contributed by atoms with van der Waals surface area (Å²) in [5, 5.41) is 9.12. The largest absolute Gasteiger partial charge is 0.478 e. The lowest BCUT2D eigenvalue weighted by Crippen LogP contribution is -2.04. The van der Waals surface area contributed by atoms with Crippen molar-refractivity contribution in [2.75, 3.05) is 0 Å². The molecule has 0 unspecified atom stereocenters. The van der Waals surface area contributed by atoms with E-state index in [1.54, 1.807) is 36.4 Å². The van der Waals surface area contributed by atoms with E-state index in [-0.39, 0.29) is 16.2 Å². The van der Waals surface area contributed by atoms with E-state index in [9.17, 15) is 9.18 Å². The highest BCUT2D eigenvalue weighted by molar-refractivity contribution is 9.09. The van der Waals surface area contributed by atoms with Gasteiger partial charge in [0.1, 0.15) is 5.82 Å². The Bertz CT molecular complexity index is 566. The number of rotatable bonds is 3. The minimum Gasteiger partial charge on any atom is -0.478 e. The second-order valence-corrected chi connectivity index (χ2v) is 4.72. The molecule has 2 aromatic carbocycles. The van der Waals surface area contributed by atoms with Crippen LogP contribution in [0.25, 0.3) is 0 Å². The van der Waals surface area contributed by atoms with Crippen molar-refractivity contribution in [3.63, 3.8) is 0 Å². The first kappa shape index (κ1) is 12.8. The third-order valence-corrected chi connectivity index (χ3v) is 3.65. The molecule has 1 atom stereocenters. The van der Waals surface area contributed by atoms with Gasteiger partial charge in [-0.2, -0.15) is 0 Å². The zero-order valence-corrected chi connectivity index (χ0v) is 10.9. The number of hydrogen-bond donors (Lipinski definition) is 1. The molecule has 92 valence electrons. The summed E-state index contributed by atoms with van der Waals surface area (Å²) >= 11 is 3.45. The van der Waals surface area contributed by atoms with Crippen molar-refractivity contribution >= 4 is 21.9 Å². The Balaban J connectivity index is 2.42. The molecule has 0 fully saturated rings. The molecule has 2 rings (SSSR count). The van der Waals surface area contributed by atoms with Crippen LogP contribution in [0.4, 0.5) is 4.39 Å². The maximum Gasteiger partial charge on any atom is 0.336 e. The second-order valence-electron chi connectivity index (χ2n) is 3.81. The zero-order valence-electron chi connectivity index (χ0n) is 9.31. The first-order valence-electron chi connectivity index (χ1n) is 5.31. The molecule has 1 N–H and O–H groups in total. The molecule has 0 aliphatic heterocycles. The van der Waals surface area contributed by atoms with E-state index in [0.717, 1.165) is 5.56 Å². The molecule has 0 spiro atoms. The Labute approximate surface area is 112 Å². The highest BCUT2D eigenvalue weighted by atomic mass is 79.9. The van der Waals surface area contributed by atoms with E-state index in [1.165, 1.54) is 12.1 Å². The van der Waals surface area contributed by atoms with Gasteiger partial charge in [-0.05, 0) is 29.3 Å². The fourth-order valence-corrected chi connectivity index (χ4v) is 2.43. The van der Waals surface area contributed by atoms with Gasteiger partial charge in [-0.15, -0.1) is 0 Å². The monoisotopic (exact) mass is 308 g/mol. The quantitative estimate of drug-likeness (QED) is 0.870. The molecular formula is C14H10BrFO2. The molecule has 4 heteroatoms. The molecule has 0 saturated heterocycles. The van der Waals surface area contributed by atoms with Crippen molar-refractivity contribution in [1.29, 1.82) is 0 Å². The van der Waals surface area contributed by atoms with Gasteiger partial charge in [0.25, 0.3) is 0 Å². The van der Waals surface area contributed by atoms with Gasteiger partial charge < -0.3 is 5.11 Å². The third kappa shape index (κ3) is 2.59. The maximum atomic E-state index is 12.9. The number of aromatic carboxylic acids is 1. The molecule has 0 aromatic heterocycles. The Kier molecular flexibility index (Phi) is 3.77. The molecule has 0 aliphatic carbocycles. The fourth-order valence-electron chi connectivity index (χ4n) is 1.72. The fraction of sp³-hybridized carbons (Fsp3) is 0.0714. The average molecular weight is 309 g/mol. The van der Waals surface area contributed by atoms with Crippen molar-refractivity contribution in [3.05, 3.63) is 71.0 Å². The first-order chi connectivity index (χ1) is 8.59. The van der Waals surface area contributed by atoms with Crippen LogP contribution in [0.1, 0.15) is 26.3 Å². The number of halogens is 2. The summed E-state index contributed by atoms with van der Waals surface area (Å²) in [6.07, 6.45) is 0. The molecule has 2 aromatic rings. The van der Waals surface area contributed by atoms with Crippen LogP contribution in [0.2, 0.25) is 0 Å². The number of benzene rings is 2. The van der Waals surface area contributed by atoms with Gasteiger partial charge in [-0.25, -0.2) is 9.18 Å². The normalized spacial score (nSPS) is 12.1. The molecule has 18 heavy (non-hydrogen) atoms. The summed E-state index contributed by atoms with van der Waals surface area (Å²) in [4.78, 5) is 10.9. The lowest BCUT2D eigenvalue weighted by molar-refractivity contribution is 0.0696. The summed E-state index contributed by atoms with van der Waals surface area (Å²) < 4.78 is 12.9. The van der Waals surface area contributed by atoms with E-state index in [0.29, 0.717) is 5.56 Å². The van der Waals surface area contributed by atoms with Crippen molar-refractivity contribution in [1.82, 2.24) is 0 Å². The summed E-state index contributed by atoms with van der Waals surface area (Å²) in [5.41, 5.74) is 1.70. The van der Waals surface area contributed by atoms with Crippen LogP contribution >= 0.6 is 15.9 Å². The van der Waals surface area contributed by atoms with Crippen LogP contribution in [0, 0.1) is 5.82 Å². The minimum atomic E-state index is -0.975. The van der Waals surface area contributed by atoms with Gasteiger partial charge in [-0.3, -0.25) is 0 Å². The predicted molar refractivity (Wildman–Crippen MR) is 70.6 cm³/mol. The van der Waals surface area contributed by atoms with Crippen LogP contribution in [-0.2, 0) is 0 Å². The molecule has 2 nitrogen and oxygen atoms in total. The van der Waals surface area contributed by atoms with Gasteiger partial charge in [0, 0.05) is 0 Å². The van der Waals surface area contributed by atoms with Crippen LogP contribution in [0.3, 0.4) is 0 Å². The number of hydrogen-bond acceptors (Lipinski definition) is 1. The van der Waals surface area contributed by atoms with E-state index in [1.807, 2.05) is 0 Å². The molecule has 0 radical (unpaired) electrons. The van der Waals surface area contributed by atoms with E-state index < -0.39 is 5.97 Å². The topological polar surface area (TPSA) is 37.3 Å². The molecule has 0 heterocycles. The highest BCUT2D eigenvalue weighted by Crippen LogP contribution is 2.32. The van der Waals surface area contributed by atoms with Gasteiger partial charge in [0.05, 0.1) is 10.4 Å². The Morgan fingerprint density at radius 3 is 2.33 bits per heavy atom. The zero-order chi connectivity index (χ0) is 13.1. The lowest BCUT2D eigenvalue weighted by atomic mass is 10.00. The molecule has 0 aliphatic rings. The molecule has 0 bridgehead atoms. The summed E-state index contributed by atoms with van der Waals surface area (Å²) in [5.74, 6) is -1.29. The Morgan fingerprint density at radius 1 is 1.11 bits per heavy atom. The SMILES string of the molecule is O=C(O)c1ccccc1[C@H](Br)c1ccc(F)cc1. The minimum absolute atomic E-state index is 0.240. The maximum absolute atomic E-state index is 12.9. The van der Waals surface area contributed by atoms with E-state index >= 15 is 0 Å². The van der Waals surface area contributed by atoms with Crippen molar-refractivity contribution < 1.29 is 14.3 Å². The van der Waals surface area contributed by atoms with Gasteiger partial charge in [0.2, 0.25) is 0 Å². The smallest absolute Gasteiger partial charge is 0.336 e. The highest BCUT2D eigenvalue weighted by Gasteiger charge is 2.17. The van der Waals surface area contributed by atoms with E-state index in [4.69, 9.17) is 5.11 Å². The van der Waals surface area contributed by atoms with Crippen molar-refractivity contribution in [3.8, 4) is 0 Å². The first-order valence-corrected chi connectivity index (χ1v) is 6.23. The van der Waals surface area contributed by atoms with Gasteiger partial charge in [0.15, 0.2) is 0 Å². The van der Waals surface area contributed by atoms with Crippen LogP contribution in [-0.4, -0.2) is 11.1 Å². The van der Waals surface area contributed by atoms with Crippen LogP contribution < -0.4 is 0 Å². The predicted octanol–water partition coefficient (Wildman–Crippen LogP) is 4.01. The standard InChI is InChI=1S/C14H10BrFO2/c15-13(9-5-7-10(16)8-6-9)11-3-1-2-4-12(11)14(17)18/h1-8,13H,(H,17,18)/t13-/m1/s1. The molecule has 0 saturated carbocycles. The lowest BCUT2D eigenvalue weighted by Gasteiger charge is -2.13. The summed E-state index contributed by atoms with van der Waals surface area (Å²) in [6.45, 7) is 0. The second kappa shape index (κ2) is 5.31. The summed E-state index contributed by atoms with van der Waals surface area (Å²) in [7, 11) is 0. The summed E-state index contributed by atoms with van der Waals surface area (Å²) in [6, 6.07) is 12.7. The molecular weight excluding hydrogens is 299 g/mol. The van der Waals surface area contributed by atoms with Gasteiger partial charge in [-0.1, -0.05) is 46.3 Å². The number of carboxylic acid groups (broad SMARTS) is 1. The number of alkyl halides is 1. The number of carboxylic acids is 1. The average Bonchev–Trinajstić information content (AvgIpc) is 2.39. The van der Waals surface area contributed by atoms with Crippen LogP contribution in [0.5, 0.6) is 0 Å². The van der Waals surface area contributed by atoms with Crippen molar-refractivity contribution in [2.45, 2.75) is 4.83 Å². The van der Waals surface area contributed by atoms with E-state index in [2.05, 4.69) is 15.9 Å². The van der Waals surface area contributed by atoms with Crippen LogP contribution in [0.15, 0.2) is 48.5 Å². The molecule has 0 amide bonds. The van der Waals surface area contributed by atoms with Crippen molar-refractivity contribution in [2.24, 2.45) is 0 Å². The van der Waals surface area contributed by atoms with Gasteiger partial charge >= 0.3 is 5.97 Å². The Morgan fingerprint density at radius 2 is 1.72 bits per heavy atom.